The first-order chi connectivity index (χ1) is 8.99. The molecule has 3 N–H and O–H groups in total. The number of anilines is 1. The predicted octanol–water partition coefficient (Wildman–Crippen LogP) is 1.50. The lowest BCUT2D eigenvalue weighted by Crippen LogP contribution is -2.45. The van der Waals surface area contributed by atoms with Crippen LogP contribution in [0.15, 0.2) is 18.3 Å². The van der Waals surface area contributed by atoms with E-state index in [1.165, 1.54) is 13.2 Å². The van der Waals surface area contributed by atoms with E-state index >= 15 is 0 Å². The molecule has 0 unspecified atom stereocenters. The summed E-state index contributed by atoms with van der Waals surface area (Å²) in [6.07, 6.45) is 2.36. The summed E-state index contributed by atoms with van der Waals surface area (Å²) in [5, 5.41) is 14.8. The van der Waals surface area contributed by atoms with Gasteiger partial charge < -0.3 is 15.7 Å². The minimum atomic E-state index is -1.03. The number of nitrogens with zero attached hydrogens (tertiary/aromatic N) is 1. The van der Waals surface area contributed by atoms with E-state index in [-0.39, 0.29) is 11.6 Å². The minimum absolute atomic E-state index is 0.249. The summed E-state index contributed by atoms with van der Waals surface area (Å²) < 4.78 is 0. The topological polar surface area (TPSA) is 91.3 Å². The number of aliphatic carboxylic acids is 1. The smallest absolute Gasteiger partial charge is 0.329 e. The fourth-order valence-electron chi connectivity index (χ4n) is 1.82. The number of nitrogens with one attached hydrogen (secondary N) is 2. The first kappa shape index (κ1) is 14.9. The van der Waals surface area contributed by atoms with Gasteiger partial charge in [-0.05, 0) is 25.0 Å². The van der Waals surface area contributed by atoms with Gasteiger partial charge in [-0.1, -0.05) is 13.8 Å². The second-order valence-electron chi connectivity index (χ2n) is 4.23. The Morgan fingerprint density at radius 1 is 1.37 bits per heavy atom. The first-order valence-electron chi connectivity index (χ1n) is 6.18. The SMILES string of the molecule is CCC(CC)(Nc1ccnc(C(=O)NC)c1)C(=O)O. The quantitative estimate of drug-likeness (QED) is 0.725. The van der Waals surface area contributed by atoms with Crippen molar-refractivity contribution in [2.75, 3.05) is 12.4 Å². The van der Waals surface area contributed by atoms with Crippen LogP contribution in [0.5, 0.6) is 0 Å². The predicted molar refractivity (Wildman–Crippen MR) is 72.2 cm³/mol. The Balaban J connectivity index is 3.04. The normalized spacial score (nSPS) is 10.9. The monoisotopic (exact) mass is 265 g/mol. The van der Waals surface area contributed by atoms with E-state index < -0.39 is 11.5 Å². The van der Waals surface area contributed by atoms with Gasteiger partial charge in [0, 0.05) is 18.9 Å². The largest absolute Gasteiger partial charge is 0.480 e. The number of pyridine rings is 1. The number of carbonyl (C=O) groups is 2. The number of carboxylic acids is 1. The van der Waals surface area contributed by atoms with Gasteiger partial charge in [0.1, 0.15) is 11.2 Å². The number of hydrogen-bond acceptors (Lipinski definition) is 4. The van der Waals surface area contributed by atoms with Gasteiger partial charge in [0.05, 0.1) is 0 Å². The fraction of sp³-hybridized carbons (Fsp3) is 0.462. The lowest BCUT2D eigenvalue weighted by molar-refractivity contribution is -0.142. The van der Waals surface area contributed by atoms with E-state index in [0.29, 0.717) is 18.5 Å². The Kier molecular flexibility index (Phi) is 4.86. The van der Waals surface area contributed by atoms with Crippen molar-refractivity contribution in [3.8, 4) is 0 Å². The van der Waals surface area contributed by atoms with Crippen LogP contribution in [0, 0.1) is 0 Å². The number of carboxylic acid groups (broad SMARTS) is 1. The van der Waals surface area contributed by atoms with Crippen LogP contribution in [0.2, 0.25) is 0 Å². The number of hydrogen-bond donors (Lipinski definition) is 3. The average molecular weight is 265 g/mol. The first-order valence-corrected chi connectivity index (χ1v) is 6.18. The molecule has 0 saturated heterocycles. The van der Waals surface area contributed by atoms with E-state index in [2.05, 4.69) is 15.6 Å². The average Bonchev–Trinajstić information content (AvgIpc) is 2.44. The van der Waals surface area contributed by atoms with Crippen molar-refractivity contribution in [2.24, 2.45) is 0 Å². The second-order valence-corrected chi connectivity index (χ2v) is 4.23. The molecule has 0 atom stereocenters. The van der Waals surface area contributed by atoms with Gasteiger partial charge in [-0.3, -0.25) is 9.78 Å². The number of rotatable bonds is 6. The highest BCUT2D eigenvalue weighted by atomic mass is 16.4. The number of aromatic nitrogens is 1. The molecule has 0 saturated carbocycles. The molecule has 6 heteroatoms. The van der Waals surface area contributed by atoms with E-state index in [9.17, 15) is 14.7 Å². The lowest BCUT2D eigenvalue weighted by atomic mass is 9.92. The van der Waals surface area contributed by atoms with E-state index in [0.717, 1.165) is 0 Å². The molecule has 1 rings (SSSR count). The Labute approximate surface area is 112 Å². The molecular formula is C13H19N3O3. The summed E-state index contributed by atoms with van der Waals surface area (Å²) in [6.45, 7) is 3.62. The molecule has 1 heterocycles. The van der Waals surface area contributed by atoms with Crippen LogP contribution in [0.3, 0.4) is 0 Å². The highest BCUT2D eigenvalue weighted by Gasteiger charge is 2.34. The van der Waals surface area contributed by atoms with Crippen LogP contribution >= 0.6 is 0 Å². The molecule has 6 nitrogen and oxygen atoms in total. The van der Waals surface area contributed by atoms with Crippen molar-refractivity contribution in [2.45, 2.75) is 32.2 Å². The summed E-state index contributed by atoms with van der Waals surface area (Å²) in [7, 11) is 1.52. The number of amides is 1. The zero-order valence-corrected chi connectivity index (χ0v) is 11.4. The molecule has 0 aliphatic heterocycles. The molecule has 0 fully saturated rings. The summed E-state index contributed by atoms with van der Waals surface area (Å²) in [4.78, 5) is 26.8. The molecule has 19 heavy (non-hydrogen) atoms. The lowest BCUT2D eigenvalue weighted by Gasteiger charge is -2.29. The van der Waals surface area contributed by atoms with Gasteiger partial charge in [0.15, 0.2) is 0 Å². The van der Waals surface area contributed by atoms with Crippen molar-refractivity contribution in [1.29, 1.82) is 0 Å². The third kappa shape index (κ3) is 3.21. The van der Waals surface area contributed by atoms with Crippen LogP contribution in [0.1, 0.15) is 37.2 Å². The highest BCUT2D eigenvalue weighted by molar-refractivity contribution is 5.93. The van der Waals surface area contributed by atoms with E-state index in [4.69, 9.17) is 0 Å². The van der Waals surface area contributed by atoms with Crippen molar-refractivity contribution in [3.63, 3.8) is 0 Å². The van der Waals surface area contributed by atoms with Crippen LogP contribution < -0.4 is 10.6 Å². The minimum Gasteiger partial charge on any atom is -0.480 e. The zero-order chi connectivity index (χ0) is 14.5. The van der Waals surface area contributed by atoms with Crippen molar-refractivity contribution < 1.29 is 14.7 Å². The van der Waals surface area contributed by atoms with E-state index in [1.54, 1.807) is 12.1 Å². The van der Waals surface area contributed by atoms with Gasteiger partial charge >= 0.3 is 5.97 Å². The molecule has 1 aromatic heterocycles. The summed E-state index contributed by atoms with van der Waals surface area (Å²) in [6, 6.07) is 3.19. The van der Waals surface area contributed by atoms with Gasteiger partial charge in [-0.25, -0.2) is 4.79 Å². The van der Waals surface area contributed by atoms with Gasteiger partial charge in [0.2, 0.25) is 0 Å². The molecule has 1 aromatic rings. The molecule has 0 aliphatic rings. The zero-order valence-electron chi connectivity index (χ0n) is 11.4. The fourth-order valence-corrected chi connectivity index (χ4v) is 1.82. The molecule has 0 spiro atoms. The maximum Gasteiger partial charge on any atom is 0.329 e. The highest BCUT2D eigenvalue weighted by Crippen LogP contribution is 2.22. The molecule has 1 amide bonds. The molecule has 0 radical (unpaired) electrons. The molecule has 0 bridgehead atoms. The van der Waals surface area contributed by atoms with Gasteiger partial charge in [0.25, 0.3) is 5.91 Å². The third-order valence-corrected chi connectivity index (χ3v) is 3.22. The van der Waals surface area contributed by atoms with Crippen LogP contribution in [0.25, 0.3) is 0 Å². The molecular weight excluding hydrogens is 246 g/mol. The van der Waals surface area contributed by atoms with Crippen molar-refractivity contribution in [1.82, 2.24) is 10.3 Å². The second kappa shape index (κ2) is 6.17. The summed E-state index contributed by atoms with van der Waals surface area (Å²) in [5.41, 5.74) is -0.208. The van der Waals surface area contributed by atoms with Crippen molar-refractivity contribution >= 4 is 17.6 Å². The Morgan fingerprint density at radius 2 is 2.00 bits per heavy atom. The molecule has 104 valence electrons. The van der Waals surface area contributed by atoms with Crippen LogP contribution in [-0.2, 0) is 4.79 Å². The maximum absolute atomic E-state index is 11.5. The maximum atomic E-state index is 11.5. The van der Waals surface area contributed by atoms with Crippen molar-refractivity contribution in [3.05, 3.63) is 24.0 Å². The van der Waals surface area contributed by atoms with Crippen LogP contribution in [0.4, 0.5) is 5.69 Å². The van der Waals surface area contributed by atoms with Crippen LogP contribution in [-0.4, -0.2) is 34.6 Å². The summed E-state index contributed by atoms with van der Waals surface area (Å²) >= 11 is 0. The molecule has 0 aliphatic carbocycles. The Hall–Kier alpha value is -2.11. The molecule has 0 aromatic carbocycles. The Bertz CT molecular complexity index is 470. The van der Waals surface area contributed by atoms with Gasteiger partial charge in [-0.15, -0.1) is 0 Å². The third-order valence-electron chi connectivity index (χ3n) is 3.22. The standard InChI is InChI=1S/C13H19N3O3/c1-4-13(5-2,12(18)19)16-9-6-7-15-10(8-9)11(17)14-3/h6-8H,4-5H2,1-3H3,(H,14,17)(H,15,16)(H,18,19). The Morgan fingerprint density at radius 3 is 2.47 bits per heavy atom. The number of carbonyl (C=O) groups excluding carboxylic acids is 1. The van der Waals surface area contributed by atoms with Gasteiger partial charge in [-0.2, -0.15) is 0 Å². The van der Waals surface area contributed by atoms with E-state index in [1.807, 2.05) is 13.8 Å². The summed E-state index contributed by atoms with van der Waals surface area (Å²) in [5.74, 6) is -1.21.